The van der Waals surface area contributed by atoms with Crippen LogP contribution in [0, 0.1) is 17.8 Å². The van der Waals surface area contributed by atoms with E-state index in [1.807, 2.05) is 109 Å². The summed E-state index contributed by atoms with van der Waals surface area (Å²) >= 11 is 0. The molecule has 6 N–H and O–H groups in total. The summed E-state index contributed by atoms with van der Waals surface area (Å²) in [5.74, 6) is 3.63. The maximum absolute atomic E-state index is 11.9. The summed E-state index contributed by atoms with van der Waals surface area (Å²) in [6.45, 7) is 6.53. The zero-order chi connectivity index (χ0) is 48.1. The molecule has 70 heavy (non-hydrogen) atoms. The van der Waals surface area contributed by atoms with Gasteiger partial charge < -0.3 is 31.3 Å². The van der Waals surface area contributed by atoms with Crippen LogP contribution in [0.25, 0.3) is 32.7 Å². The second kappa shape index (κ2) is 20.4. The SMILES string of the molecule is CCC(Cc1ccc(NC(CC(C)C)c2ccc3cccnc3c2O)nc1)C(Nc1ccc(C2CCC(C(Nc3ccccn3)c3ccc4cccnc4c3O)C2)cn1)c1ccc2cccnc2c1O. The highest BCUT2D eigenvalue weighted by atomic mass is 16.3. The Hall–Kier alpha value is -7.86. The molecular weight excluding hydrogens is 871 g/mol. The molecule has 1 saturated carbocycles. The van der Waals surface area contributed by atoms with Gasteiger partial charge in [0.25, 0.3) is 0 Å². The van der Waals surface area contributed by atoms with Gasteiger partial charge in [-0.25, -0.2) is 15.0 Å². The minimum Gasteiger partial charge on any atom is -0.505 e. The average Bonchev–Trinajstić information content (AvgIpc) is 3.88. The zero-order valence-electron chi connectivity index (χ0n) is 39.7. The fourth-order valence-corrected chi connectivity index (χ4v) is 10.6. The number of nitrogens with one attached hydrogen (secondary N) is 3. The van der Waals surface area contributed by atoms with Crippen molar-refractivity contribution in [3.63, 3.8) is 0 Å². The fraction of sp³-hybridized carbons (Fsp3) is 0.276. The van der Waals surface area contributed by atoms with Crippen LogP contribution in [-0.4, -0.2) is 45.2 Å². The first kappa shape index (κ1) is 45.9. The minimum atomic E-state index is -0.314. The van der Waals surface area contributed by atoms with E-state index in [2.05, 4.69) is 74.9 Å². The highest BCUT2D eigenvalue weighted by Crippen LogP contribution is 2.48. The molecule has 6 unspecified atom stereocenters. The molecule has 9 aromatic rings. The van der Waals surface area contributed by atoms with Gasteiger partial charge in [-0.3, -0.25) is 15.0 Å². The molecule has 12 nitrogen and oxygen atoms in total. The first-order valence-corrected chi connectivity index (χ1v) is 24.5. The van der Waals surface area contributed by atoms with Crippen molar-refractivity contribution >= 4 is 50.2 Å². The molecule has 6 heterocycles. The summed E-state index contributed by atoms with van der Waals surface area (Å²) in [4.78, 5) is 28.1. The number of hydrogen-bond acceptors (Lipinski definition) is 12. The Morgan fingerprint density at radius 2 is 1.13 bits per heavy atom. The van der Waals surface area contributed by atoms with Crippen LogP contribution in [0.4, 0.5) is 17.5 Å². The molecule has 0 bridgehead atoms. The third-order valence-corrected chi connectivity index (χ3v) is 14.2. The van der Waals surface area contributed by atoms with Gasteiger partial charge in [-0.1, -0.05) is 100.0 Å². The second-order valence-electron chi connectivity index (χ2n) is 19.2. The maximum Gasteiger partial charge on any atom is 0.147 e. The van der Waals surface area contributed by atoms with E-state index in [4.69, 9.17) is 9.97 Å². The van der Waals surface area contributed by atoms with Crippen molar-refractivity contribution in [1.29, 1.82) is 0 Å². The van der Waals surface area contributed by atoms with Gasteiger partial charge in [0.15, 0.2) is 0 Å². The van der Waals surface area contributed by atoms with Gasteiger partial charge >= 0.3 is 0 Å². The first-order chi connectivity index (χ1) is 34.2. The monoisotopic (exact) mass is 929 g/mol. The van der Waals surface area contributed by atoms with E-state index in [-0.39, 0.29) is 53.1 Å². The van der Waals surface area contributed by atoms with Gasteiger partial charge in [-0.2, -0.15) is 0 Å². The minimum absolute atomic E-state index is 0.0331. The van der Waals surface area contributed by atoms with Crippen molar-refractivity contribution in [3.05, 3.63) is 180 Å². The van der Waals surface area contributed by atoms with Crippen LogP contribution in [0.2, 0.25) is 0 Å². The number of anilines is 3. The molecule has 6 atom stereocenters. The molecule has 0 spiro atoms. The predicted molar refractivity (Wildman–Crippen MR) is 279 cm³/mol. The lowest BCUT2D eigenvalue weighted by Crippen LogP contribution is -2.23. The Balaban J connectivity index is 0.884. The van der Waals surface area contributed by atoms with E-state index in [1.165, 1.54) is 5.56 Å². The van der Waals surface area contributed by atoms with Crippen molar-refractivity contribution in [2.45, 2.75) is 83.3 Å². The Morgan fingerprint density at radius 1 is 0.543 bits per heavy atom. The molecule has 0 aliphatic heterocycles. The van der Waals surface area contributed by atoms with E-state index < -0.39 is 0 Å². The maximum atomic E-state index is 11.9. The van der Waals surface area contributed by atoms with E-state index in [9.17, 15) is 15.3 Å². The summed E-state index contributed by atoms with van der Waals surface area (Å²) in [5.41, 5.74) is 6.34. The topological polar surface area (TPSA) is 174 Å². The van der Waals surface area contributed by atoms with Crippen LogP contribution in [0.3, 0.4) is 0 Å². The molecule has 6 aromatic heterocycles. The summed E-state index contributed by atoms with van der Waals surface area (Å²) in [6.07, 6.45) is 16.0. The number of aromatic nitrogens is 6. The lowest BCUT2D eigenvalue weighted by molar-refractivity contribution is 0.412. The van der Waals surface area contributed by atoms with Crippen LogP contribution in [0.15, 0.2) is 152 Å². The Morgan fingerprint density at radius 3 is 1.73 bits per heavy atom. The number of phenols is 3. The van der Waals surface area contributed by atoms with Crippen LogP contribution < -0.4 is 16.0 Å². The predicted octanol–water partition coefficient (Wildman–Crippen LogP) is 13.0. The van der Waals surface area contributed by atoms with Crippen molar-refractivity contribution in [2.75, 3.05) is 16.0 Å². The van der Waals surface area contributed by atoms with Gasteiger partial charge in [-0.05, 0) is 109 Å². The molecule has 1 aliphatic rings. The van der Waals surface area contributed by atoms with Gasteiger partial charge in [0, 0.05) is 70.0 Å². The fourth-order valence-electron chi connectivity index (χ4n) is 10.6. The van der Waals surface area contributed by atoms with Crippen molar-refractivity contribution in [1.82, 2.24) is 29.9 Å². The summed E-state index contributed by atoms with van der Waals surface area (Å²) in [7, 11) is 0. The first-order valence-electron chi connectivity index (χ1n) is 24.5. The Bertz CT molecular complexity index is 3230. The van der Waals surface area contributed by atoms with Gasteiger partial charge in [0.2, 0.25) is 0 Å². The molecule has 1 fully saturated rings. The second-order valence-corrected chi connectivity index (χ2v) is 19.2. The molecule has 10 rings (SSSR count). The summed E-state index contributed by atoms with van der Waals surface area (Å²) < 4.78 is 0. The van der Waals surface area contributed by atoms with Crippen molar-refractivity contribution < 1.29 is 15.3 Å². The number of pyridine rings is 6. The van der Waals surface area contributed by atoms with E-state index >= 15 is 0 Å². The highest BCUT2D eigenvalue weighted by Gasteiger charge is 2.35. The average molecular weight is 930 g/mol. The number of rotatable bonds is 17. The molecule has 0 amide bonds. The van der Waals surface area contributed by atoms with Gasteiger partial charge in [-0.15, -0.1) is 0 Å². The van der Waals surface area contributed by atoms with Gasteiger partial charge in [0.1, 0.15) is 51.3 Å². The lowest BCUT2D eigenvalue weighted by Gasteiger charge is -2.29. The standard InChI is InChI=1S/C58H59N9O3/c1-4-37(31-36-14-24-49(63-33-36)65-47(30-35(2)3)44-21-17-38-10-7-27-60-53(38)56(44)68)51(45-22-18-39-11-8-28-61-54(39)57(45)69)67-50-25-20-43(34-64-50)41-15-16-42(32-41)52(66-48-13-5-6-26-59-48)46-23-19-40-12-9-29-62-55(40)58(46)70/h5-14,17-29,33-35,37,41-42,47,51-52,68-70H,4,15-16,30-32H2,1-3H3,(H,59,66)(H,63,65)(H,64,67). The van der Waals surface area contributed by atoms with Crippen LogP contribution >= 0.6 is 0 Å². The van der Waals surface area contributed by atoms with Crippen molar-refractivity contribution in [3.8, 4) is 17.2 Å². The van der Waals surface area contributed by atoms with Gasteiger partial charge in [0.05, 0.1) is 18.1 Å². The Labute approximate surface area is 408 Å². The van der Waals surface area contributed by atoms with E-state index in [0.29, 0.717) is 34.7 Å². The Kier molecular flexibility index (Phi) is 13.4. The normalized spacial score (nSPS) is 16.6. The number of nitrogens with zero attached hydrogens (tertiary/aromatic N) is 6. The lowest BCUT2D eigenvalue weighted by atomic mass is 9.85. The molecule has 0 radical (unpaired) electrons. The summed E-state index contributed by atoms with van der Waals surface area (Å²) in [6, 6.07) is 37.1. The molecule has 0 saturated heterocycles. The molecule has 354 valence electrons. The molecule has 12 heteroatoms. The smallest absolute Gasteiger partial charge is 0.147 e. The van der Waals surface area contributed by atoms with Crippen molar-refractivity contribution in [2.24, 2.45) is 17.8 Å². The largest absolute Gasteiger partial charge is 0.505 e. The van der Waals surface area contributed by atoms with E-state index in [1.54, 1.807) is 24.8 Å². The molecule has 1 aliphatic carbocycles. The quantitative estimate of drug-likeness (QED) is 0.0511. The number of phenolic OH excluding ortho intramolecular Hbond substituents is 3. The third-order valence-electron chi connectivity index (χ3n) is 14.2. The summed E-state index contributed by atoms with van der Waals surface area (Å²) in [5, 5.41) is 48.5. The number of aromatic hydroxyl groups is 3. The van der Waals surface area contributed by atoms with Crippen LogP contribution in [0.5, 0.6) is 17.2 Å². The third kappa shape index (κ3) is 9.72. The number of fused-ring (bicyclic) bond motifs is 3. The number of hydrogen-bond donors (Lipinski definition) is 6. The number of benzene rings is 3. The van der Waals surface area contributed by atoms with Crippen LogP contribution in [-0.2, 0) is 6.42 Å². The zero-order valence-corrected chi connectivity index (χ0v) is 39.7. The molecular formula is C58H59N9O3. The molecule has 3 aromatic carbocycles. The van der Waals surface area contributed by atoms with E-state index in [0.717, 1.165) is 82.2 Å². The van der Waals surface area contributed by atoms with Crippen LogP contribution in [0.1, 0.15) is 105 Å². The highest BCUT2D eigenvalue weighted by molar-refractivity contribution is 5.87.